The molecule has 0 radical (unpaired) electrons. The van der Waals surface area contributed by atoms with Gasteiger partial charge in [-0.1, -0.05) is 12.1 Å². The Morgan fingerprint density at radius 3 is 2.77 bits per heavy atom. The molecular weight excluding hydrogens is 299 g/mol. The number of amides is 1. The van der Waals surface area contributed by atoms with Gasteiger partial charge in [-0.2, -0.15) is 13.2 Å². The number of carbonyl (C=O) groups is 1. The third-order valence-electron chi connectivity index (χ3n) is 2.71. The summed E-state index contributed by atoms with van der Waals surface area (Å²) in [6.45, 7) is 1.83. The van der Waals surface area contributed by atoms with Crippen molar-refractivity contribution in [3.8, 4) is 5.69 Å². The highest BCUT2D eigenvalue weighted by atomic mass is 19.4. The van der Waals surface area contributed by atoms with E-state index in [-0.39, 0.29) is 12.1 Å². The summed E-state index contributed by atoms with van der Waals surface area (Å²) >= 11 is 0. The summed E-state index contributed by atoms with van der Waals surface area (Å²) in [4.78, 5) is 12.9. The highest BCUT2D eigenvalue weighted by molar-refractivity contribution is 5.94. The van der Waals surface area contributed by atoms with Crippen molar-refractivity contribution in [1.82, 2.24) is 25.1 Å². The van der Waals surface area contributed by atoms with Crippen molar-refractivity contribution in [3.63, 3.8) is 0 Å². The molecule has 0 N–H and O–H groups in total. The van der Waals surface area contributed by atoms with Crippen LogP contribution in [0.1, 0.15) is 10.4 Å². The largest absolute Gasteiger partial charge is 0.406 e. The number of rotatable bonds is 5. The molecule has 0 bridgehead atoms. The number of carbonyl (C=O) groups excluding carboxylic acids is 1. The molecule has 0 saturated heterocycles. The van der Waals surface area contributed by atoms with Gasteiger partial charge in [0, 0.05) is 12.1 Å². The van der Waals surface area contributed by atoms with E-state index in [1.54, 1.807) is 12.1 Å². The molecule has 0 saturated carbocycles. The maximum absolute atomic E-state index is 12.5. The standard InChI is InChI=1S/C13H12F3N5O/c1-2-6-20(8-13(14,15)16)12(22)10-4-3-5-11(7-10)21-9-17-18-19-21/h2-5,7,9H,1,6,8H2. The van der Waals surface area contributed by atoms with Crippen LogP contribution in [0.25, 0.3) is 5.69 Å². The maximum Gasteiger partial charge on any atom is 0.406 e. The lowest BCUT2D eigenvalue weighted by Crippen LogP contribution is -2.39. The van der Waals surface area contributed by atoms with E-state index < -0.39 is 18.6 Å². The summed E-state index contributed by atoms with van der Waals surface area (Å²) in [7, 11) is 0. The Morgan fingerprint density at radius 1 is 1.41 bits per heavy atom. The van der Waals surface area contributed by atoms with E-state index in [9.17, 15) is 18.0 Å². The zero-order valence-electron chi connectivity index (χ0n) is 11.4. The molecular formula is C13H12F3N5O. The molecule has 1 aromatic carbocycles. The molecule has 0 unspecified atom stereocenters. The number of hydrogen-bond donors (Lipinski definition) is 0. The first-order chi connectivity index (χ1) is 10.4. The molecule has 0 aliphatic carbocycles. The van der Waals surface area contributed by atoms with Crippen LogP contribution < -0.4 is 0 Å². The normalized spacial score (nSPS) is 11.2. The summed E-state index contributed by atoms with van der Waals surface area (Å²) in [6, 6.07) is 6.03. The van der Waals surface area contributed by atoms with E-state index in [1.807, 2.05) is 0 Å². The SMILES string of the molecule is C=CCN(CC(F)(F)F)C(=O)c1cccc(-n2cnnn2)c1. The number of tetrazole rings is 1. The molecule has 1 aromatic heterocycles. The lowest BCUT2D eigenvalue weighted by Gasteiger charge is -2.22. The molecule has 116 valence electrons. The molecule has 0 aliphatic rings. The molecule has 22 heavy (non-hydrogen) atoms. The Kier molecular flexibility index (Phi) is 4.54. The van der Waals surface area contributed by atoms with Crippen LogP contribution >= 0.6 is 0 Å². The Morgan fingerprint density at radius 2 is 2.18 bits per heavy atom. The number of nitrogens with zero attached hydrogens (tertiary/aromatic N) is 5. The van der Waals surface area contributed by atoms with Crippen LogP contribution in [0.2, 0.25) is 0 Å². The Hall–Kier alpha value is -2.71. The van der Waals surface area contributed by atoms with Crippen molar-refractivity contribution in [3.05, 3.63) is 48.8 Å². The number of alkyl halides is 3. The maximum atomic E-state index is 12.5. The van der Waals surface area contributed by atoms with Crippen molar-refractivity contribution in [1.29, 1.82) is 0 Å². The Bertz CT molecular complexity index is 654. The van der Waals surface area contributed by atoms with Gasteiger partial charge in [-0.3, -0.25) is 4.79 Å². The fourth-order valence-electron chi connectivity index (χ4n) is 1.84. The summed E-state index contributed by atoms with van der Waals surface area (Å²) in [6.07, 6.45) is -1.91. The molecule has 0 spiro atoms. The van der Waals surface area contributed by atoms with Gasteiger partial charge in [0.2, 0.25) is 0 Å². The molecule has 6 nitrogen and oxygen atoms in total. The van der Waals surface area contributed by atoms with Crippen LogP contribution in [0.4, 0.5) is 13.2 Å². The van der Waals surface area contributed by atoms with Crippen LogP contribution in [0.3, 0.4) is 0 Å². The van der Waals surface area contributed by atoms with Crippen LogP contribution in [0.15, 0.2) is 43.2 Å². The van der Waals surface area contributed by atoms with Gasteiger partial charge in [0.1, 0.15) is 12.9 Å². The van der Waals surface area contributed by atoms with E-state index in [2.05, 4.69) is 22.1 Å². The van der Waals surface area contributed by atoms with Gasteiger partial charge < -0.3 is 4.90 Å². The molecule has 0 atom stereocenters. The Labute approximate surface area is 123 Å². The number of hydrogen-bond acceptors (Lipinski definition) is 4. The minimum atomic E-state index is -4.48. The van der Waals surface area contributed by atoms with E-state index in [4.69, 9.17) is 0 Å². The minimum absolute atomic E-state index is 0.110. The third-order valence-corrected chi connectivity index (χ3v) is 2.71. The van der Waals surface area contributed by atoms with Gasteiger partial charge in [0.25, 0.3) is 5.91 Å². The van der Waals surface area contributed by atoms with Crippen LogP contribution in [-0.4, -0.2) is 50.3 Å². The van der Waals surface area contributed by atoms with Crippen molar-refractivity contribution in [2.45, 2.75) is 6.18 Å². The smallest absolute Gasteiger partial charge is 0.326 e. The van der Waals surface area contributed by atoms with Gasteiger partial charge in [-0.05, 0) is 28.6 Å². The molecule has 1 amide bonds. The van der Waals surface area contributed by atoms with E-state index in [0.717, 1.165) is 0 Å². The lowest BCUT2D eigenvalue weighted by molar-refractivity contribution is -0.139. The highest BCUT2D eigenvalue weighted by Crippen LogP contribution is 2.19. The highest BCUT2D eigenvalue weighted by Gasteiger charge is 2.32. The van der Waals surface area contributed by atoms with Gasteiger partial charge in [0.15, 0.2) is 0 Å². The second kappa shape index (κ2) is 6.37. The summed E-state index contributed by atoms with van der Waals surface area (Å²) < 4.78 is 39.0. The quantitative estimate of drug-likeness (QED) is 0.791. The van der Waals surface area contributed by atoms with Crippen molar-refractivity contribution in [2.24, 2.45) is 0 Å². The summed E-state index contributed by atoms with van der Waals surface area (Å²) in [5, 5.41) is 10.6. The van der Waals surface area contributed by atoms with Gasteiger partial charge in [-0.25, -0.2) is 4.68 Å². The average molecular weight is 311 g/mol. The monoisotopic (exact) mass is 311 g/mol. The van der Waals surface area contributed by atoms with Crippen LogP contribution in [-0.2, 0) is 0 Å². The van der Waals surface area contributed by atoms with Gasteiger partial charge in [-0.15, -0.1) is 11.7 Å². The zero-order chi connectivity index (χ0) is 16.2. The Balaban J connectivity index is 2.27. The molecule has 2 aromatic rings. The zero-order valence-corrected chi connectivity index (χ0v) is 11.4. The first-order valence-electron chi connectivity index (χ1n) is 6.21. The van der Waals surface area contributed by atoms with Gasteiger partial charge >= 0.3 is 6.18 Å². The first-order valence-corrected chi connectivity index (χ1v) is 6.21. The molecule has 1 heterocycles. The number of halogens is 3. The molecule has 9 heteroatoms. The van der Waals surface area contributed by atoms with Gasteiger partial charge in [0.05, 0.1) is 5.69 Å². The van der Waals surface area contributed by atoms with E-state index >= 15 is 0 Å². The minimum Gasteiger partial charge on any atom is -0.326 e. The fourth-order valence-corrected chi connectivity index (χ4v) is 1.84. The predicted molar refractivity (Wildman–Crippen MR) is 71.3 cm³/mol. The lowest BCUT2D eigenvalue weighted by atomic mass is 10.1. The van der Waals surface area contributed by atoms with Crippen molar-refractivity contribution in [2.75, 3.05) is 13.1 Å². The van der Waals surface area contributed by atoms with Crippen LogP contribution in [0.5, 0.6) is 0 Å². The first kappa shape index (κ1) is 15.7. The molecule has 0 fully saturated rings. The second-order valence-electron chi connectivity index (χ2n) is 4.39. The summed E-state index contributed by atoms with van der Waals surface area (Å²) in [5.74, 6) is -0.743. The topological polar surface area (TPSA) is 63.9 Å². The van der Waals surface area contributed by atoms with Crippen LogP contribution in [0, 0.1) is 0 Å². The van der Waals surface area contributed by atoms with Crippen molar-refractivity contribution < 1.29 is 18.0 Å². The van der Waals surface area contributed by atoms with E-state index in [0.29, 0.717) is 10.6 Å². The third kappa shape index (κ3) is 3.90. The average Bonchev–Trinajstić information content (AvgIpc) is 2.99. The fraction of sp³-hybridized carbons (Fsp3) is 0.231. The number of aromatic nitrogens is 4. The van der Waals surface area contributed by atoms with Crippen molar-refractivity contribution >= 4 is 5.91 Å². The summed E-state index contributed by atoms with van der Waals surface area (Å²) in [5.41, 5.74) is 0.584. The number of benzene rings is 1. The van der Waals surface area contributed by atoms with E-state index in [1.165, 1.54) is 29.2 Å². The molecule has 0 aliphatic heterocycles. The molecule has 2 rings (SSSR count). The predicted octanol–water partition coefficient (Wildman–Crippen LogP) is 1.85. The second-order valence-corrected chi connectivity index (χ2v) is 4.39.